The minimum absolute atomic E-state index is 0.0500. The molecule has 0 rings (SSSR count). The molecule has 13 heavy (non-hydrogen) atoms. The topological polar surface area (TPSA) is 64.6 Å². The lowest BCUT2D eigenvalue weighted by Gasteiger charge is -2.02. The average molecular weight is 189 g/mol. The normalized spacial score (nSPS) is 9.69. The molecule has 0 aromatic heterocycles. The molecule has 0 radical (unpaired) electrons. The molecule has 0 aliphatic rings. The summed E-state index contributed by atoms with van der Waals surface area (Å²) in [6, 6.07) is 0. The Balaban J connectivity index is 3.47. The zero-order chi connectivity index (χ0) is 10.1. The van der Waals surface area contributed by atoms with E-state index in [2.05, 4.69) is 10.1 Å². The Bertz CT molecular complexity index is 152. The van der Waals surface area contributed by atoms with Crippen LogP contribution >= 0.6 is 0 Å². The van der Waals surface area contributed by atoms with Gasteiger partial charge in [0.1, 0.15) is 6.61 Å². The van der Waals surface area contributed by atoms with Crippen LogP contribution in [0.15, 0.2) is 0 Å². The maximum atomic E-state index is 10.8. The molecule has 0 fully saturated rings. The van der Waals surface area contributed by atoms with E-state index < -0.39 is 11.9 Å². The van der Waals surface area contributed by atoms with Crippen LogP contribution in [-0.4, -0.2) is 38.2 Å². The van der Waals surface area contributed by atoms with Crippen LogP contribution in [0.25, 0.3) is 0 Å². The molecule has 76 valence electrons. The van der Waals surface area contributed by atoms with Crippen molar-refractivity contribution in [3.8, 4) is 0 Å². The molecule has 0 saturated carbocycles. The Hall–Kier alpha value is -0.940. The predicted octanol–water partition coefficient (Wildman–Crippen LogP) is -0.298. The Kier molecular flexibility index (Phi) is 7.14. The zero-order valence-corrected chi connectivity index (χ0v) is 7.96. The first kappa shape index (κ1) is 12.1. The summed E-state index contributed by atoms with van der Waals surface area (Å²) in [5.41, 5.74) is 0. The van der Waals surface area contributed by atoms with Gasteiger partial charge in [-0.25, -0.2) is 4.79 Å². The third kappa shape index (κ3) is 7.42. The van der Waals surface area contributed by atoms with Crippen LogP contribution in [0.1, 0.15) is 13.8 Å². The highest BCUT2D eigenvalue weighted by atomic mass is 16.6. The van der Waals surface area contributed by atoms with Crippen LogP contribution in [0.2, 0.25) is 0 Å². The van der Waals surface area contributed by atoms with Gasteiger partial charge in [-0.1, -0.05) is 6.92 Å². The smallest absolute Gasteiger partial charge is 0.339 e. The molecule has 0 unspecified atom stereocenters. The second-order valence-corrected chi connectivity index (χ2v) is 2.26. The van der Waals surface area contributed by atoms with Crippen LogP contribution in [-0.2, 0) is 19.1 Å². The van der Waals surface area contributed by atoms with E-state index in [9.17, 15) is 9.59 Å². The van der Waals surface area contributed by atoms with Crippen molar-refractivity contribution in [2.75, 3.05) is 26.3 Å². The number of carbonyl (C=O) groups excluding carboxylic acids is 2. The molecule has 0 spiro atoms. The summed E-state index contributed by atoms with van der Waals surface area (Å²) in [7, 11) is 0. The molecule has 5 nitrogen and oxygen atoms in total. The van der Waals surface area contributed by atoms with Gasteiger partial charge in [-0.3, -0.25) is 4.79 Å². The quantitative estimate of drug-likeness (QED) is 0.459. The van der Waals surface area contributed by atoms with Gasteiger partial charge in [-0.2, -0.15) is 0 Å². The van der Waals surface area contributed by atoms with Crippen LogP contribution in [0.4, 0.5) is 0 Å². The second kappa shape index (κ2) is 7.70. The van der Waals surface area contributed by atoms with Crippen molar-refractivity contribution in [1.82, 2.24) is 5.32 Å². The van der Waals surface area contributed by atoms with Crippen LogP contribution in [0.3, 0.4) is 0 Å². The average Bonchev–Trinajstić information content (AvgIpc) is 2.11. The van der Waals surface area contributed by atoms with E-state index in [1.165, 1.54) is 0 Å². The Morgan fingerprint density at radius 2 is 1.92 bits per heavy atom. The van der Waals surface area contributed by atoms with E-state index in [1.54, 1.807) is 6.92 Å². The van der Waals surface area contributed by atoms with Gasteiger partial charge in [0.25, 0.3) is 0 Å². The summed E-state index contributed by atoms with van der Waals surface area (Å²) in [5.74, 6) is -1.23. The van der Waals surface area contributed by atoms with E-state index in [1.807, 2.05) is 6.92 Å². The summed E-state index contributed by atoms with van der Waals surface area (Å²) >= 11 is 0. The van der Waals surface area contributed by atoms with Gasteiger partial charge in [-0.15, -0.1) is 0 Å². The van der Waals surface area contributed by atoms with Crippen molar-refractivity contribution in [3.05, 3.63) is 0 Å². The fourth-order valence-electron chi connectivity index (χ4n) is 0.605. The number of hydrogen-bond acceptors (Lipinski definition) is 5. The predicted molar refractivity (Wildman–Crippen MR) is 46.1 cm³/mol. The number of ether oxygens (including phenoxy) is 2. The van der Waals surface area contributed by atoms with Gasteiger partial charge in [0, 0.05) is 6.61 Å². The van der Waals surface area contributed by atoms with Gasteiger partial charge in [-0.05, 0) is 13.5 Å². The summed E-state index contributed by atoms with van der Waals surface area (Å²) in [4.78, 5) is 21.6. The van der Waals surface area contributed by atoms with Gasteiger partial charge in [0.05, 0.1) is 6.54 Å². The molecular weight excluding hydrogens is 174 g/mol. The summed E-state index contributed by atoms with van der Waals surface area (Å²) in [5, 5.41) is 2.74. The monoisotopic (exact) mass is 189 g/mol. The molecular formula is C8H15NO4. The number of carbonyl (C=O) groups is 2. The Morgan fingerprint density at radius 1 is 1.23 bits per heavy atom. The lowest BCUT2D eigenvalue weighted by atomic mass is 10.6. The van der Waals surface area contributed by atoms with Crippen molar-refractivity contribution in [3.63, 3.8) is 0 Å². The van der Waals surface area contributed by atoms with E-state index in [-0.39, 0.29) is 13.2 Å². The van der Waals surface area contributed by atoms with Crippen molar-refractivity contribution in [2.45, 2.75) is 13.8 Å². The summed E-state index contributed by atoms with van der Waals surface area (Å²) in [6.45, 7) is 4.58. The number of nitrogens with one attached hydrogen (secondary N) is 1. The number of rotatable bonds is 6. The highest BCUT2D eigenvalue weighted by molar-refractivity contribution is 5.87. The largest absolute Gasteiger partial charge is 0.390 e. The highest BCUT2D eigenvalue weighted by Crippen LogP contribution is 1.82. The van der Waals surface area contributed by atoms with Gasteiger partial charge in [0.15, 0.2) is 0 Å². The summed E-state index contributed by atoms with van der Waals surface area (Å²) in [6.07, 6.45) is 0. The molecule has 0 aromatic rings. The number of esters is 2. The number of likely N-dealkylation sites (N-methyl/N-ethyl adjacent to an activating group) is 1. The van der Waals surface area contributed by atoms with Gasteiger partial charge >= 0.3 is 11.9 Å². The first-order valence-corrected chi connectivity index (χ1v) is 4.22. The molecule has 0 heterocycles. The Morgan fingerprint density at radius 3 is 2.46 bits per heavy atom. The second-order valence-electron chi connectivity index (χ2n) is 2.26. The first-order valence-electron chi connectivity index (χ1n) is 4.22. The zero-order valence-electron chi connectivity index (χ0n) is 7.96. The van der Waals surface area contributed by atoms with E-state index >= 15 is 0 Å². The Labute approximate surface area is 77.4 Å². The molecule has 1 N–H and O–H groups in total. The van der Waals surface area contributed by atoms with Crippen LogP contribution in [0, 0.1) is 0 Å². The van der Waals surface area contributed by atoms with Crippen molar-refractivity contribution in [2.24, 2.45) is 0 Å². The third-order valence-electron chi connectivity index (χ3n) is 1.17. The van der Waals surface area contributed by atoms with Crippen LogP contribution < -0.4 is 5.32 Å². The maximum absolute atomic E-state index is 10.8. The molecule has 0 aromatic carbocycles. The van der Waals surface area contributed by atoms with E-state index in [0.29, 0.717) is 13.2 Å². The molecule has 0 saturated heterocycles. The minimum atomic E-state index is -0.648. The SMILES string of the molecule is CCNCC(=O)OC(=O)COCC. The molecule has 0 amide bonds. The van der Waals surface area contributed by atoms with E-state index in [4.69, 9.17) is 4.74 Å². The van der Waals surface area contributed by atoms with Crippen molar-refractivity contribution < 1.29 is 19.1 Å². The molecule has 5 heteroatoms. The van der Waals surface area contributed by atoms with Crippen molar-refractivity contribution >= 4 is 11.9 Å². The molecule has 0 atom stereocenters. The minimum Gasteiger partial charge on any atom is -0.390 e. The van der Waals surface area contributed by atoms with Gasteiger partial charge < -0.3 is 14.8 Å². The first-order chi connectivity index (χ1) is 6.20. The van der Waals surface area contributed by atoms with Crippen molar-refractivity contribution in [1.29, 1.82) is 0 Å². The fraction of sp³-hybridized carbons (Fsp3) is 0.750. The third-order valence-corrected chi connectivity index (χ3v) is 1.17. The molecule has 0 aliphatic carbocycles. The lowest BCUT2D eigenvalue weighted by molar-refractivity contribution is -0.162. The van der Waals surface area contributed by atoms with E-state index in [0.717, 1.165) is 0 Å². The lowest BCUT2D eigenvalue weighted by Crippen LogP contribution is -2.27. The van der Waals surface area contributed by atoms with Gasteiger partial charge in [0.2, 0.25) is 0 Å². The standard InChI is InChI=1S/C8H15NO4/c1-3-9-5-7(10)13-8(11)6-12-4-2/h9H,3-6H2,1-2H3. The summed E-state index contributed by atoms with van der Waals surface area (Å²) < 4.78 is 9.14. The highest BCUT2D eigenvalue weighted by Gasteiger charge is 2.08. The number of hydrogen-bond donors (Lipinski definition) is 1. The van der Waals surface area contributed by atoms with Crippen LogP contribution in [0.5, 0.6) is 0 Å². The fourth-order valence-corrected chi connectivity index (χ4v) is 0.605. The maximum Gasteiger partial charge on any atom is 0.339 e. The molecule has 0 aliphatic heterocycles. The molecule has 0 bridgehead atoms.